The molecule has 1 rings (SSSR count). The summed E-state index contributed by atoms with van der Waals surface area (Å²) in [5, 5.41) is 14.0. The van der Waals surface area contributed by atoms with E-state index in [2.05, 4.69) is 10.6 Å². The number of hydrogen-bond donors (Lipinski definition) is 3. The molecule has 0 unspecified atom stereocenters. The van der Waals surface area contributed by atoms with Crippen molar-refractivity contribution in [1.29, 1.82) is 0 Å². The van der Waals surface area contributed by atoms with E-state index in [1.54, 1.807) is 24.3 Å². The minimum absolute atomic E-state index is 0.00453. The molecule has 1 aromatic carbocycles. The van der Waals surface area contributed by atoms with Crippen molar-refractivity contribution < 1.29 is 19.4 Å². The molecule has 0 saturated heterocycles. The third-order valence-electron chi connectivity index (χ3n) is 2.96. The molecule has 0 bridgehead atoms. The zero-order valence-corrected chi connectivity index (χ0v) is 12.7. The lowest BCUT2D eigenvalue weighted by Gasteiger charge is -2.06. The van der Waals surface area contributed by atoms with E-state index in [9.17, 15) is 9.59 Å². The Hall–Kier alpha value is -2.08. The van der Waals surface area contributed by atoms with Gasteiger partial charge in [0.25, 0.3) is 0 Å². The predicted molar refractivity (Wildman–Crippen MR) is 83.6 cm³/mol. The molecule has 0 atom stereocenters. The van der Waals surface area contributed by atoms with Crippen molar-refractivity contribution in [2.75, 3.05) is 19.7 Å². The number of unbranched alkanes of at least 4 members (excludes halogenated alkanes) is 2. The summed E-state index contributed by atoms with van der Waals surface area (Å²) in [7, 11) is 0. The molecule has 1 aromatic rings. The number of rotatable bonds is 10. The molecule has 0 radical (unpaired) electrons. The molecule has 0 aliphatic carbocycles. The van der Waals surface area contributed by atoms with Crippen LogP contribution in [0.3, 0.4) is 0 Å². The molecule has 0 spiro atoms. The fraction of sp³-hybridized carbons (Fsp3) is 0.500. The molecule has 0 aliphatic rings. The zero-order chi connectivity index (χ0) is 16.0. The summed E-state index contributed by atoms with van der Waals surface area (Å²) in [6.07, 6.45) is 3.03. The fourth-order valence-electron chi connectivity index (χ4n) is 1.80. The number of para-hydroxylation sites is 1. The third-order valence-corrected chi connectivity index (χ3v) is 2.96. The van der Waals surface area contributed by atoms with Crippen molar-refractivity contribution in [2.45, 2.75) is 32.1 Å². The first-order valence-corrected chi connectivity index (χ1v) is 7.60. The number of aliphatic hydroxyl groups is 1. The number of aliphatic hydroxyl groups excluding tert-OH is 1. The van der Waals surface area contributed by atoms with Crippen molar-refractivity contribution in [3.05, 3.63) is 30.3 Å². The van der Waals surface area contributed by atoms with E-state index < -0.39 is 6.09 Å². The second-order valence-corrected chi connectivity index (χ2v) is 4.87. The highest BCUT2D eigenvalue weighted by Crippen LogP contribution is 2.08. The molecule has 2 amide bonds. The van der Waals surface area contributed by atoms with Gasteiger partial charge in [-0.3, -0.25) is 4.79 Å². The average Bonchev–Trinajstić information content (AvgIpc) is 2.52. The third kappa shape index (κ3) is 8.97. The standard InChI is InChI=1S/C16H24N2O4/c19-13-7-12-17-15(20)10-5-2-6-11-18-16(21)22-14-8-3-1-4-9-14/h1,3-4,8-9,19H,2,5-7,10-13H2,(H,17,20)(H,18,21). The lowest BCUT2D eigenvalue weighted by Crippen LogP contribution is -2.27. The van der Waals surface area contributed by atoms with Crippen molar-refractivity contribution in [3.63, 3.8) is 0 Å². The van der Waals surface area contributed by atoms with E-state index in [-0.39, 0.29) is 12.5 Å². The van der Waals surface area contributed by atoms with Crippen molar-refractivity contribution in [2.24, 2.45) is 0 Å². The molecule has 22 heavy (non-hydrogen) atoms. The van der Waals surface area contributed by atoms with Crippen LogP contribution in [-0.4, -0.2) is 36.8 Å². The second kappa shape index (κ2) is 11.6. The van der Waals surface area contributed by atoms with E-state index in [0.29, 0.717) is 31.7 Å². The Morgan fingerprint density at radius 1 is 0.955 bits per heavy atom. The van der Waals surface area contributed by atoms with E-state index >= 15 is 0 Å². The molecule has 0 heterocycles. The van der Waals surface area contributed by atoms with Gasteiger partial charge in [0.1, 0.15) is 5.75 Å². The van der Waals surface area contributed by atoms with Gasteiger partial charge in [0.15, 0.2) is 0 Å². The maximum atomic E-state index is 11.5. The molecule has 0 fully saturated rings. The number of benzene rings is 1. The van der Waals surface area contributed by atoms with Crippen molar-refractivity contribution >= 4 is 12.0 Å². The van der Waals surface area contributed by atoms with Crippen LogP contribution < -0.4 is 15.4 Å². The smallest absolute Gasteiger partial charge is 0.410 e. The summed E-state index contributed by atoms with van der Waals surface area (Å²) in [5.41, 5.74) is 0. The Labute approximate surface area is 130 Å². The van der Waals surface area contributed by atoms with E-state index in [0.717, 1.165) is 19.3 Å². The topological polar surface area (TPSA) is 87.7 Å². The molecule has 0 aliphatic heterocycles. The van der Waals surface area contributed by atoms with Gasteiger partial charge in [-0.05, 0) is 31.4 Å². The molecule has 0 saturated carbocycles. The minimum Gasteiger partial charge on any atom is -0.410 e. The Balaban J connectivity index is 1.97. The van der Waals surface area contributed by atoms with Crippen LogP contribution in [0.15, 0.2) is 30.3 Å². The van der Waals surface area contributed by atoms with Crippen LogP contribution in [0.25, 0.3) is 0 Å². The minimum atomic E-state index is -0.465. The van der Waals surface area contributed by atoms with Gasteiger partial charge in [-0.25, -0.2) is 4.79 Å². The first kappa shape index (κ1) is 18.0. The van der Waals surface area contributed by atoms with Gasteiger partial charge in [-0.1, -0.05) is 24.6 Å². The maximum absolute atomic E-state index is 11.5. The highest BCUT2D eigenvalue weighted by Gasteiger charge is 2.03. The van der Waals surface area contributed by atoms with Crippen LogP contribution in [0.5, 0.6) is 5.75 Å². The number of carbonyl (C=O) groups is 2. The lowest BCUT2D eigenvalue weighted by atomic mass is 10.2. The van der Waals surface area contributed by atoms with E-state index in [1.165, 1.54) is 0 Å². The van der Waals surface area contributed by atoms with Gasteiger partial charge in [-0.2, -0.15) is 0 Å². The summed E-state index contributed by atoms with van der Waals surface area (Å²) in [4.78, 5) is 22.9. The highest BCUT2D eigenvalue weighted by molar-refractivity contribution is 5.75. The van der Waals surface area contributed by atoms with E-state index in [1.807, 2.05) is 6.07 Å². The van der Waals surface area contributed by atoms with Crippen LogP contribution in [0.2, 0.25) is 0 Å². The van der Waals surface area contributed by atoms with Crippen molar-refractivity contribution in [3.8, 4) is 5.75 Å². The van der Waals surface area contributed by atoms with Gasteiger partial charge in [0, 0.05) is 26.1 Å². The SMILES string of the molecule is O=C(CCCCCNC(=O)Oc1ccccc1)NCCCO. The summed E-state index contributed by atoms with van der Waals surface area (Å²) in [5.74, 6) is 0.518. The summed E-state index contributed by atoms with van der Waals surface area (Å²) in [6, 6.07) is 8.89. The Morgan fingerprint density at radius 2 is 1.68 bits per heavy atom. The highest BCUT2D eigenvalue weighted by atomic mass is 16.6. The number of nitrogens with one attached hydrogen (secondary N) is 2. The summed E-state index contributed by atoms with van der Waals surface area (Å²) in [6.45, 7) is 1.13. The fourth-order valence-corrected chi connectivity index (χ4v) is 1.80. The molecule has 6 nitrogen and oxygen atoms in total. The summed E-state index contributed by atoms with van der Waals surface area (Å²) < 4.78 is 5.08. The van der Waals surface area contributed by atoms with Crippen LogP contribution in [0, 0.1) is 0 Å². The Morgan fingerprint density at radius 3 is 2.41 bits per heavy atom. The van der Waals surface area contributed by atoms with Gasteiger partial charge in [-0.15, -0.1) is 0 Å². The second-order valence-electron chi connectivity index (χ2n) is 4.87. The Kier molecular flexibility index (Phi) is 9.45. The molecule has 0 aromatic heterocycles. The zero-order valence-electron chi connectivity index (χ0n) is 12.7. The summed E-state index contributed by atoms with van der Waals surface area (Å²) >= 11 is 0. The number of hydrogen-bond acceptors (Lipinski definition) is 4. The normalized spacial score (nSPS) is 10.0. The van der Waals surface area contributed by atoms with Crippen LogP contribution >= 0.6 is 0 Å². The molecular weight excluding hydrogens is 284 g/mol. The Bertz CT molecular complexity index is 437. The predicted octanol–water partition coefficient (Wildman–Crippen LogP) is 1.83. The molecule has 6 heteroatoms. The maximum Gasteiger partial charge on any atom is 0.412 e. The number of amides is 2. The van der Waals surface area contributed by atoms with Crippen LogP contribution in [0.4, 0.5) is 4.79 Å². The van der Waals surface area contributed by atoms with Crippen molar-refractivity contribution in [1.82, 2.24) is 10.6 Å². The molecular formula is C16H24N2O4. The van der Waals surface area contributed by atoms with Gasteiger partial charge >= 0.3 is 6.09 Å². The average molecular weight is 308 g/mol. The number of ether oxygens (including phenoxy) is 1. The molecule has 122 valence electrons. The number of carbonyl (C=O) groups excluding carboxylic acids is 2. The van der Waals surface area contributed by atoms with Gasteiger partial charge in [0.05, 0.1) is 0 Å². The largest absolute Gasteiger partial charge is 0.412 e. The van der Waals surface area contributed by atoms with Crippen LogP contribution in [-0.2, 0) is 4.79 Å². The first-order valence-electron chi connectivity index (χ1n) is 7.60. The monoisotopic (exact) mass is 308 g/mol. The van der Waals surface area contributed by atoms with E-state index in [4.69, 9.17) is 9.84 Å². The quantitative estimate of drug-likeness (QED) is 0.575. The molecule has 3 N–H and O–H groups in total. The van der Waals surface area contributed by atoms with Gasteiger partial charge in [0.2, 0.25) is 5.91 Å². The lowest BCUT2D eigenvalue weighted by molar-refractivity contribution is -0.121. The first-order chi connectivity index (χ1) is 10.7. The van der Waals surface area contributed by atoms with Crippen LogP contribution in [0.1, 0.15) is 32.1 Å². The van der Waals surface area contributed by atoms with Gasteiger partial charge < -0.3 is 20.5 Å².